The fourth-order valence-corrected chi connectivity index (χ4v) is 6.12. The van der Waals surface area contributed by atoms with Crippen molar-refractivity contribution < 1.29 is 4.79 Å². The first-order chi connectivity index (χ1) is 15.7. The molecule has 1 fully saturated rings. The molecule has 2 unspecified atom stereocenters. The van der Waals surface area contributed by atoms with Crippen molar-refractivity contribution in [3.05, 3.63) is 64.7 Å². The predicted octanol–water partition coefficient (Wildman–Crippen LogP) is 4.88. The molecular weight excluding hydrogens is 410 g/mol. The molecule has 168 valence electrons. The summed E-state index contributed by atoms with van der Waals surface area (Å²) in [5.41, 5.74) is 8.91. The van der Waals surface area contributed by atoms with E-state index in [4.69, 9.17) is 9.97 Å². The number of benzene rings is 2. The van der Waals surface area contributed by atoms with Crippen LogP contribution in [0.25, 0.3) is 22.1 Å². The average molecular weight is 440 g/mol. The van der Waals surface area contributed by atoms with E-state index in [2.05, 4.69) is 47.8 Å². The van der Waals surface area contributed by atoms with E-state index in [9.17, 15) is 4.79 Å². The predicted molar refractivity (Wildman–Crippen MR) is 129 cm³/mol. The van der Waals surface area contributed by atoms with Gasteiger partial charge < -0.3 is 9.88 Å². The second-order valence-electron chi connectivity index (χ2n) is 10.5. The average Bonchev–Trinajstić information content (AvgIpc) is 3.24. The number of carbonyl (C=O) groups is 1. The van der Waals surface area contributed by atoms with Gasteiger partial charge in [-0.25, -0.2) is 15.0 Å². The minimum Gasteiger partial charge on any atom is -0.345 e. The van der Waals surface area contributed by atoms with E-state index in [1.807, 2.05) is 32.0 Å². The van der Waals surface area contributed by atoms with E-state index in [1.54, 1.807) is 6.33 Å². The van der Waals surface area contributed by atoms with E-state index in [0.29, 0.717) is 5.56 Å². The molecule has 2 bridgehead atoms. The number of hydrogen-bond acceptors (Lipinski definition) is 4. The van der Waals surface area contributed by atoms with Crippen LogP contribution in [0.3, 0.4) is 0 Å². The van der Waals surface area contributed by atoms with Crippen LogP contribution in [0, 0.1) is 19.3 Å². The van der Waals surface area contributed by atoms with Gasteiger partial charge in [0.05, 0.1) is 39.8 Å². The van der Waals surface area contributed by atoms with Crippen LogP contribution >= 0.6 is 0 Å². The van der Waals surface area contributed by atoms with Crippen molar-refractivity contribution in [3.8, 4) is 0 Å². The molecule has 1 N–H and O–H groups in total. The van der Waals surface area contributed by atoms with Crippen LogP contribution < -0.4 is 0 Å². The number of hydrogen-bond donors (Lipinski definition) is 1. The second-order valence-corrected chi connectivity index (χ2v) is 10.5. The molecule has 1 amide bonds. The van der Waals surface area contributed by atoms with Crippen LogP contribution in [-0.2, 0) is 11.8 Å². The zero-order chi connectivity index (χ0) is 23.1. The molecular formula is C27H29N5O. The Balaban J connectivity index is 1.45. The smallest absolute Gasteiger partial charge is 0.254 e. The SMILES string of the molecule is Cc1nc2cc3c(cc2nc1C)C1(C)CCN(C(=O)c2ccc4nc[nH]c4c2)C(C3)C1(C)C. The lowest BCUT2D eigenvalue weighted by Crippen LogP contribution is -2.64. The zero-order valence-electron chi connectivity index (χ0n) is 19.9. The molecule has 2 aromatic carbocycles. The fourth-order valence-electron chi connectivity index (χ4n) is 6.12. The highest BCUT2D eigenvalue weighted by molar-refractivity contribution is 5.97. The molecule has 6 rings (SSSR count). The summed E-state index contributed by atoms with van der Waals surface area (Å²) in [4.78, 5) is 32.9. The van der Waals surface area contributed by atoms with Gasteiger partial charge in [-0.15, -0.1) is 0 Å². The van der Waals surface area contributed by atoms with Crippen LogP contribution in [0.1, 0.15) is 60.1 Å². The number of aromatic amines is 1. The maximum atomic E-state index is 13.7. The molecule has 1 saturated heterocycles. The molecule has 0 saturated carbocycles. The van der Waals surface area contributed by atoms with Crippen LogP contribution in [0.2, 0.25) is 0 Å². The van der Waals surface area contributed by atoms with Crippen molar-refractivity contribution in [2.24, 2.45) is 5.41 Å². The minimum atomic E-state index is -0.0765. The van der Waals surface area contributed by atoms with Crippen LogP contribution in [0.15, 0.2) is 36.7 Å². The van der Waals surface area contributed by atoms with Gasteiger partial charge in [0.25, 0.3) is 5.91 Å². The molecule has 6 nitrogen and oxygen atoms in total. The second kappa shape index (κ2) is 6.62. The maximum absolute atomic E-state index is 13.7. The molecule has 1 aliphatic heterocycles. The molecule has 0 radical (unpaired) electrons. The summed E-state index contributed by atoms with van der Waals surface area (Å²) in [5.74, 6) is 0.0992. The van der Waals surface area contributed by atoms with Gasteiger partial charge in [-0.3, -0.25) is 4.79 Å². The number of amides is 1. The zero-order valence-corrected chi connectivity index (χ0v) is 19.9. The number of aryl methyl sites for hydroxylation is 2. The molecule has 1 aliphatic carbocycles. The largest absolute Gasteiger partial charge is 0.345 e. The number of likely N-dealkylation sites (tertiary alicyclic amines) is 1. The molecule has 4 aromatic rings. The minimum absolute atomic E-state index is 0.0377. The van der Waals surface area contributed by atoms with Crippen LogP contribution in [-0.4, -0.2) is 43.3 Å². The van der Waals surface area contributed by atoms with Crippen molar-refractivity contribution in [1.29, 1.82) is 0 Å². The Morgan fingerprint density at radius 2 is 1.76 bits per heavy atom. The van der Waals surface area contributed by atoms with Gasteiger partial charge in [0.15, 0.2) is 0 Å². The van der Waals surface area contributed by atoms with Gasteiger partial charge in [-0.2, -0.15) is 0 Å². The first-order valence-electron chi connectivity index (χ1n) is 11.7. The Kier molecular flexibility index (Phi) is 4.08. The third kappa shape index (κ3) is 2.73. The van der Waals surface area contributed by atoms with Gasteiger partial charge >= 0.3 is 0 Å². The van der Waals surface area contributed by atoms with E-state index >= 15 is 0 Å². The molecule has 33 heavy (non-hydrogen) atoms. The number of rotatable bonds is 1. The van der Waals surface area contributed by atoms with Crippen molar-refractivity contribution in [1.82, 2.24) is 24.8 Å². The summed E-state index contributed by atoms with van der Waals surface area (Å²) in [7, 11) is 0. The number of imidazole rings is 1. The first-order valence-corrected chi connectivity index (χ1v) is 11.7. The Morgan fingerprint density at radius 1 is 1.03 bits per heavy atom. The molecule has 2 aliphatic rings. The van der Waals surface area contributed by atoms with Crippen LogP contribution in [0.4, 0.5) is 0 Å². The third-order valence-electron chi connectivity index (χ3n) is 8.72. The summed E-state index contributed by atoms with van der Waals surface area (Å²) in [6.45, 7) is 11.8. The molecule has 2 atom stereocenters. The van der Waals surface area contributed by atoms with E-state index in [1.165, 1.54) is 11.1 Å². The third-order valence-corrected chi connectivity index (χ3v) is 8.72. The number of nitrogens with zero attached hydrogens (tertiary/aromatic N) is 4. The van der Waals surface area contributed by atoms with Gasteiger partial charge in [0.1, 0.15) is 0 Å². The fraction of sp³-hybridized carbons (Fsp3) is 0.407. The monoisotopic (exact) mass is 439 g/mol. The highest BCUT2D eigenvalue weighted by Gasteiger charge is 2.57. The maximum Gasteiger partial charge on any atom is 0.254 e. The Bertz CT molecular complexity index is 1450. The van der Waals surface area contributed by atoms with Gasteiger partial charge in [-0.05, 0) is 73.6 Å². The van der Waals surface area contributed by atoms with Crippen molar-refractivity contribution in [3.63, 3.8) is 0 Å². The van der Waals surface area contributed by atoms with Gasteiger partial charge in [-0.1, -0.05) is 20.8 Å². The lowest BCUT2D eigenvalue weighted by Gasteiger charge is -2.60. The van der Waals surface area contributed by atoms with Gasteiger partial charge in [0, 0.05) is 23.6 Å². The van der Waals surface area contributed by atoms with E-state index in [-0.39, 0.29) is 22.8 Å². The molecule has 3 heterocycles. The highest BCUT2D eigenvalue weighted by Crippen LogP contribution is 2.56. The Morgan fingerprint density at radius 3 is 2.52 bits per heavy atom. The number of carbonyl (C=O) groups excluding carboxylic acids is 1. The number of aromatic nitrogens is 4. The number of fused-ring (bicyclic) bond motifs is 6. The highest BCUT2D eigenvalue weighted by atomic mass is 16.2. The standard InChI is InChI=1S/C27H29N5O/c1-15-16(2)31-23-13-19-18(11-22(23)30-15)12-24-26(3,4)27(19,5)8-9-32(24)25(33)17-6-7-20-21(10-17)29-14-28-20/h6-7,10-11,13-14,24H,8-9,12H2,1-5H3,(H,28,29). The van der Waals surface area contributed by atoms with Crippen LogP contribution in [0.5, 0.6) is 0 Å². The molecule has 6 heteroatoms. The summed E-state index contributed by atoms with van der Waals surface area (Å²) in [6, 6.07) is 10.4. The lowest BCUT2D eigenvalue weighted by molar-refractivity contribution is -0.0261. The number of H-pyrrole nitrogens is 1. The van der Waals surface area contributed by atoms with E-state index < -0.39 is 0 Å². The topological polar surface area (TPSA) is 74.8 Å². The molecule has 2 aromatic heterocycles. The summed E-state index contributed by atoms with van der Waals surface area (Å²) >= 11 is 0. The first kappa shape index (κ1) is 20.3. The Labute approximate surface area is 193 Å². The lowest BCUT2D eigenvalue weighted by atomic mass is 9.51. The summed E-state index contributed by atoms with van der Waals surface area (Å²) < 4.78 is 0. The van der Waals surface area contributed by atoms with E-state index in [0.717, 1.165) is 52.8 Å². The Hall–Kier alpha value is -3.28. The van der Waals surface area contributed by atoms with Crippen molar-refractivity contribution in [2.45, 2.75) is 58.9 Å². The van der Waals surface area contributed by atoms with Crippen molar-refractivity contribution in [2.75, 3.05) is 6.54 Å². The number of nitrogens with one attached hydrogen (secondary N) is 1. The summed E-state index contributed by atoms with van der Waals surface area (Å²) in [5, 5.41) is 0. The molecule has 0 spiro atoms. The van der Waals surface area contributed by atoms with Gasteiger partial charge in [0.2, 0.25) is 0 Å². The number of piperidine rings is 1. The normalized spacial score (nSPS) is 23.7. The quantitative estimate of drug-likeness (QED) is 0.459. The summed E-state index contributed by atoms with van der Waals surface area (Å²) in [6.07, 6.45) is 3.43. The van der Waals surface area contributed by atoms with Crippen molar-refractivity contribution >= 4 is 28.0 Å².